The fourth-order valence-corrected chi connectivity index (χ4v) is 4.36. The fourth-order valence-electron chi connectivity index (χ4n) is 4.24. The predicted molar refractivity (Wildman–Crippen MR) is 108 cm³/mol. The molecule has 0 spiro atoms. The summed E-state index contributed by atoms with van der Waals surface area (Å²) < 4.78 is 4.88. The van der Waals surface area contributed by atoms with Gasteiger partial charge in [-0.25, -0.2) is 4.79 Å². The van der Waals surface area contributed by atoms with Crippen LogP contribution in [0.25, 0.3) is 0 Å². The largest absolute Gasteiger partial charge is 0.448 e. The van der Waals surface area contributed by atoms with E-state index in [0.29, 0.717) is 37.8 Å². The highest BCUT2D eigenvalue weighted by Crippen LogP contribution is 2.48. The molecule has 3 aliphatic rings. The minimum Gasteiger partial charge on any atom is -0.448 e. The van der Waals surface area contributed by atoms with Gasteiger partial charge in [0.15, 0.2) is 0 Å². The van der Waals surface area contributed by atoms with E-state index in [2.05, 4.69) is 5.32 Å². The minimum absolute atomic E-state index is 0.0558. The summed E-state index contributed by atoms with van der Waals surface area (Å²) in [5, 5.41) is 3.78. The molecule has 8 heteroatoms. The second-order valence-electron chi connectivity index (χ2n) is 8.18. The molecular formula is C21H26ClN3O4. The van der Waals surface area contributed by atoms with Gasteiger partial charge in [0.05, 0.1) is 12.0 Å². The molecule has 1 aliphatic carbocycles. The lowest BCUT2D eigenvalue weighted by atomic mass is 9.93. The number of hydrogen-bond acceptors (Lipinski definition) is 4. The van der Waals surface area contributed by atoms with Crippen LogP contribution in [-0.4, -0.2) is 67.0 Å². The van der Waals surface area contributed by atoms with Crippen LogP contribution in [0.4, 0.5) is 4.79 Å². The SMILES string of the molecule is O=C(CN1CCOC1=O)N1CCCC(CNC(=O)C2(c3ccc(Cl)cc3)CC2)C1. The monoisotopic (exact) mass is 419 g/mol. The number of amides is 3. The Labute approximate surface area is 175 Å². The summed E-state index contributed by atoms with van der Waals surface area (Å²) in [6.45, 7) is 2.74. The van der Waals surface area contributed by atoms with Gasteiger partial charge in [0.2, 0.25) is 11.8 Å². The second-order valence-corrected chi connectivity index (χ2v) is 8.62. The van der Waals surface area contributed by atoms with Crippen LogP contribution in [0.15, 0.2) is 24.3 Å². The van der Waals surface area contributed by atoms with E-state index in [0.717, 1.165) is 31.2 Å². The molecule has 156 valence electrons. The molecule has 3 amide bonds. The van der Waals surface area contributed by atoms with Crippen LogP contribution in [0.1, 0.15) is 31.2 Å². The van der Waals surface area contributed by atoms with E-state index in [1.165, 1.54) is 4.90 Å². The number of ether oxygens (including phenoxy) is 1. The number of carbonyl (C=O) groups excluding carboxylic acids is 3. The smallest absolute Gasteiger partial charge is 0.410 e. The van der Waals surface area contributed by atoms with Crippen LogP contribution in [0.5, 0.6) is 0 Å². The molecule has 1 aromatic carbocycles. The van der Waals surface area contributed by atoms with E-state index in [9.17, 15) is 14.4 Å². The van der Waals surface area contributed by atoms with E-state index in [4.69, 9.17) is 16.3 Å². The molecule has 1 atom stereocenters. The van der Waals surface area contributed by atoms with Gasteiger partial charge < -0.3 is 15.0 Å². The molecule has 4 rings (SSSR count). The summed E-state index contributed by atoms with van der Waals surface area (Å²) in [7, 11) is 0. The average Bonchev–Trinajstić information content (AvgIpc) is 3.45. The molecule has 1 unspecified atom stereocenters. The Bertz CT molecular complexity index is 794. The van der Waals surface area contributed by atoms with Gasteiger partial charge >= 0.3 is 6.09 Å². The molecule has 1 saturated carbocycles. The number of rotatable bonds is 6. The molecule has 2 saturated heterocycles. The Morgan fingerprint density at radius 1 is 1.21 bits per heavy atom. The van der Waals surface area contributed by atoms with Crippen molar-refractivity contribution in [3.63, 3.8) is 0 Å². The Morgan fingerprint density at radius 2 is 1.97 bits per heavy atom. The summed E-state index contributed by atoms with van der Waals surface area (Å²) in [5.41, 5.74) is 0.586. The van der Waals surface area contributed by atoms with E-state index in [-0.39, 0.29) is 24.3 Å². The lowest BCUT2D eigenvalue weighted by Crippen LogP contribution is -2.48. The van der Waals surface area contributed by atoms with Gasteiger partial charge in [-0.3, -0.25) is 14.5 Å². The van der Waals surface area contributed by atoms with Gasteiger partial charge in [-0.05, 0) is 49.3 Å². The average molecular weight is 420 g/mol. The maximum absolute atomic E-state index is 12.9. The van der Waals surface area contributed by atoms with Crippen LogP contribution in [0.3, 0.4) is 0 Å². The number of piperidine rings is 1. The molecule has 1 aromatic rings. The summed E-state index contributed by atoms with van der Waals surface area (Å²) in [5.74, 6) is 0.228. The normalized spacial score (nSPS) is 22.9. The molecule has 7 nitrogen and oxygen atoms in total. The number of benzene rings is 1. The summed E-state index contributed by atoms with van der Waals surface area (Å²) in [4.78, 5) is 40.2. The van der Waals surface area contributed by atoms with E-state index >= 15 is 0 Å². The number of halogens is 1. The van der Waals surface area contributed by atoms with Crippen molar-refractivity contribution in [3.8, 4) is 0 Å². The molecular weight excluding hydrogens is 394 g/mol. The van der Waals surface area contributed by atoms with Crippen molar-refractivity contribution in [2.75, 3.05) is 39.3 Å². The Morgan fingerprint density at radius 3 is 2.62 bits per heavy atom. The van der Waals surface area contributed by atoms with Crippen LogP contribution >= 0.6 is 11.6 Å². The first-order chi connectivity index (χ1) is 14.0. The highest BCUT2D eigenvalue weighted by Gasteiger charge is 2.51. The van der Waals surface area contributed by atoms with Gasteiger partial charge in [-0.15, -0.1) is 0 Å². The lowest BCUT2D eigenvalue weighted by molar-refractivity contribution is -0.133. The first-order valence-corrected chi connectivity index (χ1v) is 10.6. The predicted octanol–water partition coefficient (Wildman–Crippen LogP) is 2.18. The molecule has 0 bridgehead atoms. The van der Waals surface area contributed by atoms with Gasteiger partial charge in [-0.1, -0.05) is 23.7 Å². The number of nitrogens with one attached hydrogen (secondary N) is 1. The Hall–Kier alpha value is -2.28. The van der Waals surface area contributed by atoms with Gasteiger partial charge in [0.1, 0.15) is 13.2 Å². The van der Waals surface area contributed by atoms with E-state index in [1.807, 2.05) is 24.3 Å². The lowest BCUT2D eigenvalue weighted by Gasteiger charge is -2.34. The van der Waals surface area contributed by atoms with Crippen molar-refractivity contribution < 1.29 is 19.1 Å². The number of hydrogen-bond donors (Lipinski definition) is 1. The molecule has 0 radical (unpaired) electrons. The second kappa shape index (κ2) is 8.22. The maximum atomic E-state index is 12.9. The van der Waals surface area contributed by atoms with E-state index < -0.39 is 11.5 Å². The summed E-state index contributed by atoms with van der Waals surface area (Å²) in [6.07, 6.45) is 3.16. The van der Waals surface area contributed by atoms with Crippen molar-refractivity contribution in [1.82, 2.24) is 15.1 Å². The zero-order valence-corrected chi connectivity index (χ0v) is 17.1. The number of carbonyl (C=O) groups is 3. The molecule has 1 N–H and O–H groups in total. The third-order valence-corrected chi connectivity index (χ3v) is 6.43. The quantitative estimate of drug-likeness (QED) is 0.766. The first kappa shape index (κ1) is 20.0. The zero-order valence-electron chi connectivity index (χ0n) is 16.4. The van der Waals surface area contributed by atoms with Gasteiger partial charge in [0, 0.05) is 24.7 Å². The van der Waals surface area contributed by atoms with Crippen LogP contribution < -0.4 is 5.32 Å². The minimum atomic E-state index is -0.426. The standard InChI is InChI=1S/C21H26ClN3O4/c22-17-5-3-16(4-6-17)21(7-8-21)19(27)23-12-15-2-1-9-24(13-15)18(26)14-25-10-11-29-20(25)28/h3-6,15H,1-2,7-14H2,(H,23,27). The first-order valence-electron chi connectivity index (χ1n) is 10.2. The molecule has 2 heterocycles. The van der Waals surface area contributed by atoms with Gasteiger partial charge in [-0.2, -0.15) is 0 Å². The summed E-state index contributed by atoms with van der Waals surface area (Å²) in [6, 6.07) is 7.51. The third-order valence-electron chi connectivity index (χ3n) is 6.18. The topological polar surface area (TPSA) is 79.0 Å². The number of nitrogens with zero attached hydrogens (tertiary/aromatic N) is 2. The van der Waals surface area contributed by atoms with Crippen LogP contribution in [0, 0.1) is 5.92 Å². The van der Waals surface area contributed by atoms with Crippen molar-refractivity contribution in [1.29, 1.82) is 0 Å². The van der Waals surface area contributed by atoms with Crippen molar-refractivity contribution in [3.05, 3.63) is 34.9 Å². The highest BCUT2D eigenvalue weighted by atomic mass is 35.5. The van der Waals surface area contributed by atoms with Crippen LogP contribution in [0.2, 0.25) is 5.02 Å². The number of cyclic esters (lactones) is 1. The zero-order chi connectivity index (χ0) is 20.4. The van der Waals surface area contributed by atoms with Crippen molar-refractivity contribution >= 4 is 29.5 Å². The van der Waals surface area contributed by atoms with Crippen molar-refractivity contribution in [2.24, 2.45) is 5.92 Å². The fraction of sp³-hybridized carbons (Fsp3) is 0.571. The maximum Gasteiger partial charge on any atom is 0.410 e. The molecule has 2 aliphatic heterocycles. The van der Waals surface area contributed by atoms with Crippen molar-refractivity contribution in [2.45, 2.75) is 31.1 Å². The molecule has 3 fully saturated rings. The number of likely N-dealkylation sites (tertiary alicyclic amines) is 1. The van der Waals surface area contributed by atoms with Gasteiger partial charge in [0.25, 0.3) is 0 Å². The third kappa shape index (κ3) is 4.34. The summed E-state index contributed by atoms with van der Waals surface area (Å²) >= 11 is 5.96. The Kier molecular flexibility index (Phi) is 5.67. The van der Waals surface area contributed by atoms with E-state index in [1.54, 1.807) is 4.90 Å². The van der Waals surface area contributed by atoms with Crippen LogP contribution in [-0.2, 0) is 19.7 Å². The Balaban J connectivity index is 1.28. The molecule has 29 heavy (non-hydrogen) atoms. The molecule has 0 aromatic heterocycles. The highest BCUT2D eigenvalue weighted by molar-refractivity contribution is 6.30.